The summed E-state index contributed by atoms with van der Waals surface area (Å²) in [6, 6.07) is 18.1. The molecule has 2 aromatic carbocycles. The number of carbonyl (C=O) groups excluding carboxylic acids is 1. The Morgan fingerprint density at radius 3 is 2.42 bits per heavy atom. The van der Waals surface area contributed by atoms with E-state index in [1.165, 1.54) is 5.56 Å². The van der Waals surface area contributed by atoms with Crippen LogP contribution in [0.1, 0.15) is 17.5 Å². The van der Waals surface area contributed by atoms with Gasteiger partial charge in [0, 0.05) is 18.0 Å². The van der Waals surface area contributed by atoms with Gasteiger partial charge in [0.05, 0.1) is 0 Å². The molecule has 0 saturated heterocycles. The molecule has 0 aliphatic carbocycles. The van der Waals surface area contributed by atoms with Crippen LogP contribution in [0.4, 0.5) is 5.69 Å². The number of rotatable bonds is 5. The third kappa shape index (κ3) is 4.11. The summed E-state index contributed by atoms with van der Waals surface area (Å²) in [5.41, 5.74) is 3.19. The molecule has 0 unspecified atom stereocenters. The van der Waals surface area contributed by atoms with Crippen LogP contribution in [0.2, 0.25) is 0 Å². The van der Waals surface area contributed by atoms with Gasteiger partial charge in [-0.25, -0.2) is 0 Å². The van der Waals surface area contributed by atoms with Gasteiger partial charge in [-0.2, -0.15) is 0 Å². The number of benzene rings is 2. The van der Waals surface area contributed by atoms with Crippen molar-refractivity contribution in [1.82, 2.24) is 0 Å². The molecule has 2 aromatic rings. The predicted octanol–water partition coefficient (Wildman–Crippen LogP) is 3.84. The van der Waals surface area contributed by atoms with Gasteiger partial charge >= 0.3 is 0 Å². The van der Waals surface area contributed by atoms with Crippen molar-refractivity contribution in [3.63, 3.8) is 0 Å². The van der Waals surface area contributed by atoms with E-state index in [0.717, 1.165) is 17.7 Å². The van der Waals surface area contributed by atoms with Gasteiger partial charge < -0.3 is 5.32 Å². The average molecular weight is 274 g/mol. The zero-order valence-electron chi connectivity index (χ0n) is 10.6. The zero-order chi connectivity index (χ0) is 13.5. The van der Waals surface area contributed by atoms with Crippen molar-refractivity contribution < 1.29 is 4.79 Å². The van der Waals surface area contributed by atoms with Crippen molar-refractivity contribution in [2.45, 2.75) is 12.8 Å². The molecule has 0 spiro atoms. The van der Waals surface area contributed by atoms with E-state index in [9.17, 15) is 4.79 Å². The van der Waals surface area contributed by atoms with Crippen LogP contribution >= 0.6 is 11.6 Å². The monoisotopic (exact) mass is 273 g/mol. The highest BCUT2D eigenvalue weighted by atomic mass is 35.5. The largest absolute Gasteiger partial charge is 0.326 e. The van der Waals surface area contributed by atoms with Crippen molar-refractivity contribution in [3.05, 3.63) is 65.7 Å². The third-order valence-electron chi connectivity index (χ3n) is 2.85. The summed E-state index contributed by atoms with van der Waals surface area (Å²) < 4.78 is 0. The number of amides is 1. The summed E-state index contributed by atoms with van der Waals surface area (Å²) in [7, 11) is 0. The molecule has 3 heteroatoms. The first-order chi connectivity index (χ1) is 9.29. The van der Waals surface area contributed by atoms with E-state index in [2.05, 4.69) is 17.4 Å². The minimum Gasteiger partial charge on any atom is -0.326 e. The second-order valence-corrected chi connectivity index (χ2v) is 4.68. The SMILES string of the molecule is O=C(CCCl)Nc1ccccc1Cc1ccccc1. The zero-order valence-corrected chi connectivity index (χ0v) is 11.4. The molecule has 0 atom stereocenters. The summed E-state index contributed by atoms with van der Waals surface area (Å²) in [5, 5.41) is 2.91. The number of carbonyl (C=O) groups is 1. The number of hydrogen-bond acceptors (Lipinski definition) is 1. The first-order valence-corrected chi connectivity index (χ1v) is 6.80. The van der Waals surface area contributed by atoms with Gasteiger partial charge in [-0.3, -0.25) is 4.79 Å². The highest BCUT2D eigenvalue weighted by molar-refractivity contribution is 6.19. The highest BCUT2D eigenvalue weighted by Crippen LogP contribution is 2.19. The Labute approximate surface area is 118 Å². The van der Waals surface area contributed by atoms with Crippen molar-refractivity contribution >= 4 is 23.2 Å². The Hall–Kier alpha value is -1.80. The quantitative estimate of drug-likeness (QED) is 0.824. The molecule has 0 aliphatic rings. The lowest BCUT2D eigenvalue weighted by Gasteiger charge is -2.10. The molecule has 0 aromatic heterocycles. The Morgan fingerprint density at radius 1 is 1.00 bits per heavy atom. The number of para-hydroxylation sites is 1. The number of halogens is 1. The number of hydrogen-bond donors (Lipinski definition) is 1. The molecular weight excluding hydrogens is 258 g/mol. The van der Waals surface area contributed by atoms with E-state index in [1.54, 1.807) is 0 Å². The molecule has 0 fully saturated rings. The first-order valence-electron chi connectivity index (χ1n) is 6.27. The van der Waals surface area contributed by atoms with Gasteiger partial charge in [-0.1, -0.05) is 48.5 Å². The minimum atomic E-state index is -0.0458. The van der Waals surface area contributed by atoms with Crippen LogP contribution < -0.4 is 5.32 Å². The van der Waals surface area contributed by atoms with Crippen LogP contribution in [-0.2, 0) is 11.2 Å². The number of alkyl halides is 1. The van der Waals surface area contributed by atoms with E-state index in [0.29, 0.717) is 12.3 Å². The normalized spacial score (nSPS) is 10.2. The lowest BCUT2D eigenvalue weighted by molar-refractivity contribution is -0.115. The summed E-state index contributed by atoms with van der Waals surface area (Å²) in [6.07, 6.45) is 1.14. The third-order valence-corrected chi connectivity index (χ3v) is 3.04. The molecule has 0 saturated carbocycles. The fourth-order valence-electron chi connectivity index (χ4n) is 1.91. The minimum absolute atomic E-state index is 0.0458. The van der Waals surface area contributed by atoms with Crippen molar-refractivity contribution in [2.75, 3.05) is 11.2 Å². The van der Waals surface area contributed by atoms with E-state index in [-0.39, 0.29) is 5.91 Å². The van der Waals surface area contributed by atoms with Gasteiger partial charge in [0.25, 0.3) is 0 Å². The maximum atomic E-state index is 11.6. The predicted molar refractivity (Wildman–Crippen MR) is 79.7 cm³/mol. The summed E-state index contributed by atoms with van der Waals surface area (Å²) in [4.78, 5) is 11.6. The van der Waals surface area contributed by atoms with Crippen molar-refractivity contribution in [2.24, 2.45) is 0 Å². The van der Waals surface area contributed by atoms with Gasteiger partial charge in [0.2, 0.25) is 5.91 Å². The van der Waals surface area contributed by atoms with Gasteiger partial charge in [0.1, 0.15) is 0 Å². The molecule has 2 nitrogen and oxygen atoms in total. The van der Waals surface area contributed by atoms with Gasteiger partial charge in [-0.05, 0) is 23.6 Å². The van der Waals surface area contributed by atoms with Crippen LogP contribution in [0.25, 0.3) is 0 Å². The highest BCUT2D eigenvalue weighted by Gasteiger charge is 2.06. The summed E-state index contributed by atoms with van der Waals surface area (Å²) >= 11 is 5.57. The van der Waals surface area contributed by atoms with Crippen molar-refractivity contribution in [3.8, 4) is 0 Å². The summed E-state index contributed by atoms with van der Waals surface area (Å²) in [6.45, 7) is 0. The molecule has 0 bridgehead atoms. The number of anilines is 1. The van der Waals surface area contributed by atoms with E-state index >= 15 is 0 Å². The molecule has 19 heavy (non-hydrogen) atoms. The molecule has 2 rings (SSSR count). The summed E-state index contributed by atoms with van der Waals surface area (Å²) in [5.74, 6) is 0.294. The van der Waals surface area contributed by atoms with E-state index in [4.69, 9.17) is 11.6 Å². The van der Waals surface area contributed by atoms with E-state index < -0.39 is 0 Å². The lowest BCUT2D eigenvalue weighted by Crippen LogP contribution is -2.13. The van der Waals surface area contributed by atoms with Crippen LogP contribution in [0.3, 0.4) is 0 Å². The molecule has 98 valence electrons. The van der Waals surface area contributed by atoms with Crippen LogP contribution in [0.5, 0.6) is 0 Å². The molecule has 0 heterocycles. The van der Waals surface area contributed by atoms with Crippen LogP contribution in [0.15, 0.2) is 54.6 Å². The maximum Gasteiger partial charge on any atom is 0.225 e. The fourth-order valence-corrected chi connectivity index (χ4v) is 2.08. The Kier molecular flexibility index (Phi) is 4.99. The second-order valence-electron chi connectivity index (χ2n) is 4.31. The number of nitrogens with one attached hydrogen (secondary N) is 1. The molecule has 0 radical (unpaired) electrons. The smallest absolute Gasteiger partial charge is 0.225 e. The Bertz CT molecular complexity index is 539. The second kappa shape index (κ2) is 6.95. The standard InChI is InChI=1S/C16H16ClNO/c17-11-10-16(19)18-15-9-5-4-8-14(15)12-13-6-2-1-3-7-13/h1-9H,10-12H2,(H,18,19). The Morgan fingerprint density at radius 2 is 1.68 bits per heavy atom. The lowest BCUT2D eigenvalue weighted by atomic mass is 10.0. The van der Waals surface area contributed by atoms with Crippen molar-refractivity contribution in [1.29, 1.82) is 0 Å². The van der Waals surface area contributed by atoms with Gasteiger partial charge in [0.15, 0.2) is 0 Å². The fraction of sp³-hybridized carbons (Fsp3) is 0.188. The van der Waals surface area contributed by atoms with Crippen LogP contribution in [-0.4, -0.2) is 11.8 Å². The molecule has 0 aliphatic heterocycles. The molecular formula is C16H16ClNO. The molecule has 1 N–H and O–H groups in total. The average Bonchev–Trinajstić information content (AvgIpc) is 2.42. The van der Waals surface area contributed by atoms with Gasteiger partial charge in [-0.15, -0.1) is 11.6 Å². The topological polar surface area (TPSA) is 29.1 Å². The Balaban J connectivity index is 2.14. The maximum absolute atomic E-state index is 11.6. The molecule has 1 amide bonds. The first kappa shape index (κ1) is 13.6. The van der Waals surface area contributed by atoms with Crippen LogP contribution in [0, 0.1) is 0 Å². The van der Waals surface area contributed by atoms with E-state index in [1.807, 2.05) is 42.5 Å².